The number of nitrogens with one attached hydrogen (secondary N) is 1. The molecular formula is C17H18N6O3S2. The Labute approximate surface area is 169 Å². The average molecular weight is 419 g/mol. The van der Waals surface area contributed by atoms with Crippen molar-refractivity contribution in [1.82, 2.24) is 25.2 Å². The lowest BCUT2D eigenvalue weighted by Crippen LogP contribution is -2.14. The van der Waals surface area contributed by atoms with E-state index >= 15 is 0 Å². The van der Waals surface area contributed by atoms with Crippen LogP contribution in [0.1, 0.15) is 17.5 Å². The zero-order valence-corrected chi connectivity index (χ0v) is 16.9. The van der Waals surface area contributed by atoms with E-state index in [0.717, 1.165) is 10.6 Å². The number of benzene rings is 1. The van der Waals surface area contributed by atoms with Crippen LogP contribution in [0.25, 0.3) is 5.69 Å². The molecule has 0 aliphatic carbocycles. The lowest BCUT2D eigenvalue weighted by Gasteiger charge is -2.04. The molecule has 9 nitrogen and oxygen atoms in total. The van der Waals surface area contributed by atoms with Crippen molar-refractivity contribution >= 4 is 40.1 Å². The Kier molecular flexibility index (Phi) is 6.71. The molecular weight excluding hydrogens is 400 g/mol. The summed E-state index contributed by atoms with van der Waals surface area (Å²) in [6.07, 6.45) is 0.147. The molecule has 0 bridgehead atoms. The molecule has 0 aliphatic rings. The van der Waals surface area contributed by atoms with Gasteiger partial charge in [-0.05, 0) is 36.4 Å². The van der Waals surface area contributed by atoms with Gasteiger partial charge in [-0.25, -0.2) is 4.98 Å². The first-order chi connectivity index (χ1) is 13.6. The van der Waals surface area contributed by atoms with Gasteiger partial charge in [-0.2, -0.15) is 4.68 Å². The maximum Gasteiger partial charge on any atom is 0.311 e. The SMILES string of the molecule is CCOC(=O)Cc1sc(NC(=O)CSc2nnnn2-c2ccccc2)nc1C. The number of hydrogen-bond acceptors (Lipinski definition) is 9. The van der Waals surface area contributed by atoms with E-state index in [1.807, 2.05) is 30.3 Å². The second-order valence-electron chi connectivity index (χ2n) is 5.56. The standard InChI is InChI=1S/C17H18N6O3S2/c1-3-26-15(25)9-13-11(2)18-16(28-13)19-14(24)10-27-17-20-21-22-23(17)12-7-5-4-6-8-12/h4-8H,3,9-10H2,1-2H3,(H,18,19,24). The number of ether oxygens (including phenoxy) is 1. The number of hydrogen-bond donors (Lipinski definition) is 1. The van der Waals surface area contributed by atoms with Gasteiger partial charge in [-0.15, -0.1) is 16.4 Å². The van der Waals surface area contributed by atoms with E-state index in [1.54, 1.807) is 18.5 Å². The van der Waals surface area contributed by atoms with Gasteiger partial charge in [0, 0.05) is 4.88 Å². The van der Waals surface area contributed by atoms with Gasteiger partial charge >= 0.3 is 5.97 Å². The fourth-order valence-electron chi connectivity index (χ4n) is 2.27. The fraction of sp³-hybridized carbons (Fsp3) is 0.294. The quantitative estimate of drug-likeness (QED) is 0.438. The van der Waals surface area contributed by atoms with Gasteiger partial charge in [0.05, 0.1) is 30.2 Å². The Morgan fingerprint density at radius 3 is 2.82 bits per heavy atom. The molecule has 0 atom stereocenters. The van der Waals surface area contributed by atoms with Crippen LogP contribution in [0.15, 0.2) is 35.5 Å². The third-order valence-electron chi connectivity index (χ3n) is 3.52. The maximum atomic E-state index is 12.3. The number of tetrazole rings is 1. The number of aryl methyl sites for hydroxylation is 1. The molecule has 0 saturated heterocycles. The molecule has 3 aromatic rings. The van der Waals surface area contributed by atoms with Crippen molar-refractivity contribution in [2.75, 3.05) is 17.7 Å². The van der Waals surface area contributed by atoms with E-state index < -0.39 is 0 Å². The van der Waals surface area contributed by atoms with E-state index in [0.29, 0.717) is 22.6 Å². The number of rotatable bonds is 8. The van der Waals surface area contributed by atoms with Crippen molar-refractivity contribution in [2.45, 2.75) is 25.4 Å². The minimum atomic E-state index is -0.310. The predicted octanol–water partition coefficient (Wildman–Crippen LogP) is 2.26. The van der Waals surface area contributed by atoms with Crippen LogP contribution in [0, 0.1) is 6.92 Å². The molecule has 1 aromatic carbocycles. The normalized spacial score (nSPS) is 10.6. The number of thioether (sulfide) groups is 1. The Morgan fingerprint density at radius 1 is 1.29 bits per heavy atom. The van der Waals surface area contributed by atoms with Gasteiger partial charge in [0.25, 0.3) is 0 Å². The van der Waals surface area contributed by atoms with Crippen LogP contribution >= 0.6 is 23.1 Å². The van der Waals surface area contributed by atoms with Crippen molar-refractivity contribution in [2.24, 2.45) is 0 Å². The summed E-state index contributed by atoms with van der Waals surface area (Å²) in [4.78, 5) is 29.0. The number of esters is 1. The lowest BCUT2D eigenvalue weighted by atomic mass is 10.3. The Bertz CT molecular complexity index is 957. The minimum absolute atomic E-state index is 0.124. The highest BCUT2D eigenvalue weighted by molar-refractivity contribution is 7.99. The molecule has 1 N–H and O–H groups in total. The number of carbonyl (C=O) groups is 2. The number of nitrogens with zero attached hydrogens (tertiary/aromatic N) is 5. The first-order valence-electron chi connectivity index (χ1n) is 8.45. The van der Waals surface area contributed by atoms with Crippen LogP contribution in [0.2, 0.25) is 0 Å². The van der Waals surface area contributed by atoms with Gasteiger partial charge in [0.15, 0.2) is 5.13 Å². The number of carbonyl (C=O) groups excluding carboxylic acids is 2. The fourth-order valence-corrected chi connectivity index (χ4v) is 3.93. The smallest absolute Gasteiger partial charge is 0.311 e. The van der Waals surface area contributed by atoms with Gasteiger partial charge in [0.2, 0.25) is 11.1 Å². The highest BCUT2D eigenvalue weighted by Gasteiger charge is 2.15. The van der Waals surface area contributed by atoms with E-state index in [-0.39, 0.29) is 24.1 Å². The molecule has 0 aliphatic heterocycles. The molecule has 0 fully saturated rings. The summed E-state index contributed by atoms with van der Waals surface area (Å²) in [7, 11) is 0. The molecule has 0 unspecified atom stereocenters. The van der Waals surface area contributed by atoms with Crippen LogP contribution in [0.5, 0.6) is 0 Å². The van der Waals surface area contributed by atoms with Gasteiger partial charge < -0.3 is 10.1 Å². The number of thiazole rings is 1. The molecule has 146 valence electrons. The first-order valence-corrected chi connectivity index (χ1v) is 10.3. The summed E-state index contributed by atoms with van der Waals surface area (Å²) in [6.45, 7) is 3.89. The van der Waals surface area contributed by atoms with Crippen molar-refractivity contribution in [3.8, 4) is 5.69 Å². The van der Waals surface area contributed by atoms with Crippen LogP contribution in [-0.4, -0.2) is 49.4 Å². The summed E-state index contributed by atoms with van der Waals surface area (Å²) >= 11 is 2.49. The number of anilines is 1. The summed E-state index contributed by atoms with van der Waals surface area (Å²) in [6, 6.07) is 9.43. The number of para-hydroxylation sites is 1. The Morgan fingerprint density at radius 2 is 2.07 bits per heavy atom. The molecule has 3 rings (SSSR count). The van der Waals surface area contributed by atoms with Gasteiger partial charge in [-0.1, -0.05) is 30.0 Å². The van der Waals surface area contributed by atoms with Crippen LogP contribution in [-0.2, 0) is 20.7 Å². The molecule has 1 amide bonds. The topological polar surface area (TPSA) is 112 Å². The van der Waals surface area contributed by atoms with Crippen molar-refractivity contribution in [3.05, 3.63) is 40.9 Å². The molecule has 0 saturated carbocycles. The molecule has 11 heteroatoms. The minimum Gasteiger partial charge on any atom is -0.466 e. The zero-order valence-electron chi connectivity index (χ0n) is 15.3. The summed E-state index contributed by atoms with van der Waals surface area (Å²) in [5.41, 5.74) is 1.52. The molecule has 0 spiro atoms. The zero-order chi connectivity index (χ0) is 19.9. The molecule has 2 aromatic heterocycles. The molecule has 2 heterocycles. The summed E-state index contributed by atoms with van der Waals surface area (Å²) in [5, 5.41) is 15.3. The van der Waals surface area contributed by atoms with Crippen molar-refractivity contribution < 1.29 is 14.3 Å². The largest absolute Gasteiger partial charge is 0.466 e. The highest BCUT2D eigenvalue weighted by Crippen LogP contribution is 2.24. The second-order valence-corrected chi connectivity index (χ2v) is 7.58. The monoisotopic (exact) mass is 418 g/mol. The molecule has 28 heavy (non-hydrogen) atoms. The van der Waals surface area contributed by atoms with Gasteiger partial charge in [-0.3, -0.25) is 9.59 Å². The summed E-state index contributed by atoms with van der Waals surface area (Å²) < 4.78 is 6.52. The van der Waals surface area contributed by atoms with Crippen LogP contribution in [0.3, 0.4) is 0 Å². The van der Waals surface area contributed by atoms with Crippen molar-refractivity contribution in [1.29, 1.82) is 0 Å². The number of aromatic nitrogens is 5. The lowest BCUT2D eigenvalue weighted by molar-refractivity contribution is -0.142. The Balaban J connectivity index is 1.57. The van der Waals surface area contributed by atoms with Gasteiger partial charge in [0.1, 0.15) is 0 Å². The van der Waals surface area contributed by atoms with E-state index in [2.05, 4.69) is 25.8 Å². The number of amides is 1. The third-order valence-corrected chi connectivity index (χ3v) is 5.52. The molecule has 0 radical (unpaired) electrons. The van der Waals surface area contributed by atoms with E-state index in [4.69, 9.17) is 4.74 Å². The van der Waals surface area contributed by atoms with E-state index in [9.17, 15) is 9.59 Å². The third kappa shape index (κ3) is 5.14. The van der Waals surface area contributed by atoms with E-state index in [1.165, 1.54) is 23.1 Å². The maximum absolute atomic E-state index is 12.3. The Hall–Kier alpha value is -2.79. The highest BCUT2D eigenvalue weighted by atomic mass is 32.2. The summed E-state index contributed by atoms with van der Waals surface area (Å²) in [5.74, 6) is -0.418. The first kappa shape index (κ1) is 20.0. The second kappa shape index (κ2) is 9.42. The predicted molar refractivity (Wildman–Crippen MR) is 106 cm³/mol. The van der Waals surface area contributed by atoms with Crippen LogP contribution < -0.4 is 5.32 Å². The van der Waals surface area contributed by atoms with Crippen LogP contribution in [0.4, 0.5) is 5.13 Å². The van der Waals surface area contributed by atoms with Crippen molar-refractivity contribution in [3.63, 3.8) is 0 Å². The average Bonchev–Trinajstić information content (AvgIpc) is 3.27.